The van der Waals surface area contributed by atoms with E-state index in [-0.39, 0.29) is 19.1 Å². The van der Waals surface area contributed by atoms with Crippen LogP contribution in [0.2, 0.25) is 0 Å². The Bertz CT molecular complexity index is 970. The fraction of sp³-hybridized carbons (Fsp3) is 0.423. The summed E-state index contributed by atoms with van der Waals surface area (Å²) < 4.78 is 6.04. The maximum Gasteiger partial charge on any atom is 0.326 e. The van der Waals surface area contributed by atoms with E-state index in [9.17, 15) is 19.5 Å². The molecule has 2 N–H and O–H groups in total. The lowest BCUT2D eigenvalue weighted by Crippen LogP contribution is -2.56. The molecule has 7 nitrogen and oxygen atoms in total. The van der Waals surface area contributed by atoms with Crippen LogP contribution < -0.4 is 5.32 Å². The van der Waals surface area contributed by atoms with Crippen LogP contribution in [-0.2, 0) is 25.5 Å². The van der Waals surface area contributed by atoms with Crippen LogP contribution in [0.15, 0.2) is 60.7 Å². The molecule has 8 heteroatoms. The monoisotopic (exact) mass is 484 g/mol. The summed E-state index contributed by atoms with van der Waals surface area (Å²) >= 11 is 4.48. The molecule has 2 amide bonds. The van der Waals surface area contributed by atoms with Crippen LogP contribution in [0.1, 0.15) is 37.5 Å². The van der Waals surface area contributed by atoms with Crippen molar-refractivity contribution in [2.24, 2.45) is 5.92 Å². The van der Waals surface area contributed by atoms with Gasteiger partial charge in [0, 0.05) is 6.54 Å². The highest BCUT2D eigenvalue weighted by atomic mass is 32.1. The zero-order valence-electron chi connectivity index (χ0n) is 19.5. The zero-order chi connectivity index (χ0) is 24.7. The first-order valence-electron chi connectivity index (χ1n) is 11.5. The first kappa shape index (κ1) is 25.8. The summed E-state index contributed by atoms with van der Waals surface area (Å²) in [5, 5.41) is 12.0. The number of carbonyl (C=O) groups is 3. The van der Waals surface area contributed by atoms with Crippen molar-refractivity contribution in [3.05, 3.63) is 71.8 Å². The van der Waals surface area contributed by atoms with E-state index in [0.29, 0.717) is 12.8 Å². The Kier molecular flexibility index (Phi) is 9.12. The molecule has 1 heterocycles. The smallest absolute Gasteiger partial charge is 0.326 e. The lowest BCUT2D eigenvalue weighted by molar-refractivity contribution is -0.152. The van der Waals surface area contributed by atoms with Gasteiger partial charge in [-0.15, -0.1) is 0 Å². The van der Waals surface area contributed by atoms with Crippen molar-refractivity contribution < 1.29 is 24.2 Å². The van der Waals surface area contributed by atoms with Gasteiger partial charge in [-0.3, -0.25) is 9.59 Å². The van der Waals surface area contributed by atoms with Gasteiger partial charge in [0.05, 0.1) is 11.9 Å². The molecule has 182 valence electrons. The Hall–Kier alpha value is -2.84. The zero-order valence-corrected chi connectivity index (χ0v) is 20.4. The van der Waals surface area contributed by atoms with E-state index in [4.69, 9.17) is 4.74 Å². The molecular formula is C26H32N2O5S. The number of nitrogens with one attached hydrogen (secondary N) is 1. The second-order valence-corrected chi connectivity index (χ2v) is 9.53. The summed E-state index contributed by atoms with van der Waals surface area (Å²) in [6.07, 6.45) is -0.0445. The van der Waals surface area contributed by atoms with Gasteiger partial charge >= 0.3 is 5.97 Å². The van der Waals surface area contributed by atoms with Crippen LogP contribution >= 0.6 is 12.6 Å². The van der Waals surface area contributed by atoms with Gasteiger partial charge in [0.15, 0.2) is 0 Å². The number of thiol groups is 1. The molecule has 0 aliphatic carbocycles. The number of rotatable bonds is 9. The van der Waals surface area contributed by atoms with Crippen LogP contribution in [0.5, 0.6) is 0 Å². The number of hydrogen-bond acceptors (Lipinski definition) is 5. The molecule has 2 aromatic rings. The molecule has 4 atom stereocenters. The first-order chi connectivity index (χ1) is 16.3. The molecule has 0 radical (unpaired) electrons. The Balaban J connectivity index is 1.88. The number of carbonyl (C=O) groups excluding carboxylic acids is 2. The highest BCUT2D eigenvalue weighted by Crippen LogP contribution is 2.27. The third kappa shape index (κ3) is 6.61. The number of aliphatic carboxylic acids is 1. The third-order valence-electron chi connectivity index (χ3n) is 5.84. The average molecular weight is 485 g/mol. The summed E-state index contributed by atoms with van der Waals surface area (Å²) in [6.45, 7) is 4.12. The van der Waals surface area contributed by atoms with Gasteiger partial charge in [-0.05, 0) is 29.9 Å². The summed E-state index contributed by atoms with van der Waals surface area (Å²) in [7, 11) is 0. The Morgan fingerprint density at radius 3 is 2.32 bits per heavy atom. The van der Waals surface area contributed by atoms with Crippen LogP contribution in [-0.4, -0.2) is 58.3 Å². The van der Waals surface area contributed by atoms with E-state index in [0.717, 1.165) is 11.1 Å². The summed E-state index contributed by atoms with van der Waals surface area (Å²) in [6, 6.07) is 16.6. The highest BCUT2D eigenvalue weighted by Gasteiger charge is 2.42. The van der Waals surface area contributed by atoms with Crippen molar-refractivity contribution in [3.8, 4) is 0 Å². The van der Waals surface area contributed by atoms with Crippen LogP contribution in [0.4, 0.5) is 0 Å². The SMILES string of the molecule is CC(C)C[C@H](C(=O)O)N1CCO[C@@H](c2ccccc2)[C@H](NC(=O)[C@H](S)Cc2ccccc2)C1=O. The second-order valence-electron chi connectivity index (χ2n) is 8.91. The van der Waals surface area contributed by atoms with Crippen molar-refractivity contribution in [1.29, 1.82) is 0 Å². The van der Waals surface area contributed by atoms with Crippen LogP contribution in [0.3, 0.4) is 0 Å². The number of nitrogens with zero attached hydrogens (tertiary/aromatic N) is 1. The topological polar surface area (TPSA) is 95.9 Å². The Morgan fingerprint density at radius 2 is 1.74 bits per heavy atom. The van der Waals surface area contributed by atoms with E-state index < -0.39 is 41.2 Å². The molecule has 1 aliphatic heterocycles. The minimum Gasteiger partial charge on any atom is -0.480 e. The molecule has 2 aromatic carbocycles. The molecule has 0 aromatic heterocycles. The molecule has 0 unspecified atom stereocenters. The standard InChI is InChI=1S/C26H32N2O5S/c1-17(2)15-20(26(31)32)28-13-14-33-23(19-11-7-4-8-12-19)22(25(28)30)27-24(29)21(34)16-18-9-5-3-6-10-18/h3-12,17,20-23,34H,13-16H2,1-2H3,(H,27,29)(H,31,32)/t20-,21-,22+,23+/m1/s1. The largest absolute Gasteiger partial charge is 0.480 e. The lowest BCUT2D eigenvalue weighted by atomic mass is 9.98. The number of benzene rings is 2. The summed E-state index contributed by atoms with van der Waals surface area (Å²) in [5.41, 5.74) is 1.68. The normalized spacial score (nSPS) is 20.5. The van der Waals surface area contributed by atoms with Crippen molar-refractivity contribution in [2.75, 3.05) is 13.2 Å². The first-order valence-corrected chi connectivity index (χ1v) is 12.0. The maximum atomic E-state index is 13.7. The van der Waals surface area contributed by atoms with E-state index in [1.165, 1.54) is 4.90 Å². The molecule has 0 spiro atoms. The van der Waals surface area contributed by atoms with Crippen molar-refractivity contribution >= 4 is 30.4 Å². The van der Waals surface area contributed by atoms with Crippen molar-refractivity contribution in [3.63, 3.8) is 0 Å². The van der Waals surface area contributed by atoms with E-state index in [2.05, 4.69) is 17.9 Å². The predicted octanol–water partition coefficient (Wildman–Crippen LogP) is 3.11. The third-order valence-corrected chi connectivity index (χ3v) is 6.25. The molecule has 0 saturated carbocycles. The van der Waals surface area contributed by atoms with Crippen molar-refractivity contribution in [2.45, 2.75) is 50.1 Å². The number of carboxylic acids is 1. The molecule has 1 fully saturated rings. The van der Waals surface area contributed by atoms with Gasteiger partial charge in [-0.1, -0.05) is 74.5 Å². The van der Waals surface area contributed by atoms with E-state index >= 15 is 0 Å². The number of hydrogen-bond donors (Lipinski definition) is 3. The number of carboxylic acid groups (broad SMARTS) is 1. The maximum absolute atomic E-state index is 13.7. The lowest BCUT2D eigenvalue weighted by Gasteiger charge is -2.32. The van der Waals surface area contributed by atoms with Crippen molar-refractivity contribution in [1.82, 2.24) is 10.2 Å². The van der Waals surface area contributed by atoms with Gasteiger partial charge < -0.3 is 20.1 Å². The number of amides is 2. The highest BCUT2D eigenvalue weighted by molar-refractivity contribution is 7.81. The quantitative estimate of drug-likeness (QED) is 0.476. The molecule has 3 rings (SSSR count). The molecular weight excluding hydrogens is 452 g/mol. The molecule has 1 saturated heterocycles. The minimum absolute atomic E-state index is 0.0729. The fourth-order valence-corrected chi connectivity index (χ4v) is 4.44. The van der Waals surface area contributed by atoms with Gasteiger partial charge in [0.2, 0.25) is 11.8 Å². The van der Waals surface area contributed by atoms with Crippen LogP contribution in [0, 0.1) is 5.92 Å². The van der Waals surface area contributed by atoms with Gasteiger partial charge in [0.25, 0.3) is 0 Å². The Labute approximate surface area is 205 Å². The minimum atomic E-state index is -1.07. The summed E-state index contributed by atoms with van der Waals surface area (Å²) in [4.78, 5) is 40.2. The van der Waals surface area contributed by atoms with Crippen LogP contribution in [0.25, 0.3) is 0 Å². The Morgan fingerprint density at radius 1 is 1.12 bits per heavy atom. The van der Waals surface area contributed by atoms with E-state index in [1.807, 2.05) is 74.5 Å². The molecule has 0 bridgehead atoms. The fourth-order valence-electron chi connectivity index (χ4n) is 4.16. The molecule has 34 heavy (non-hydrogen) atoms. The second kappa shape index (κ2) is 12.0. The van der Waals surface area contributed by atoms with Gasteiger partial charge in [0.1, 0.15) is 18.2 Å². The average Bonchev–Trinajstić information content (AvgIpc) is 2.97. The van der Waals surface area contributed by atoms with E-state index in [1.54, 1.807) is 0 Å². The van der Waals surface area contributed by atoms with Gasteiger partial charge in [-0.25, -0.2) is 4.79 Å². The molecule has 1 aliphatic rings. The predicted molar refractivity (Wildman–Crippen MR) is 133 cm³/mol. The number of ether oxygens (including phenoxy) is 1. The van der Waals surface area contributed by atoms with Gasteiger partial charge in [-0.2, -0.15) is 12.6 Å². The summed E-state index contributed by atoms with van der Waals surface area (Å²) in [5.74, 6) is -1.87.